The molecule has 3 aromatic heterocycles. The Labute approximate surface area is 202 Å². The van der Waals surface area contributed by atoms with E-state index in [4.69, 9.17) is 19.7 Å². The van der Waals surface area contributed by atoms with Crippen molar-refractivity contribution in [3.05, 3.63) is 59.4 Å². The number of aryl methyl sites for hydroxylation is 1. The first-order chi connectivity index (χ1) is 16.9. The van der Waals surface area contributed by atoms with Crippen molar-refractivity contribution < 1.29 is 13.5 Å². The summed E-state index contributed by atoms with van der Waals surface area (Å²) in [6, 6.07) is 4.11. The molecular weight excluding hydrogens is 450 g/mol. The number of nitrogens with zero attached hydrogens (tertiary/aromatic N) is 6. The van der Waals surface area contributed by atoms with Crippen molar-refractivity contribution in [3.8, 4) is 11.3 Å². The predicted octanol–water partition coefficient (Wildman–Crippen LogP) is 5.60. The van der Waals surface area contributed by atoms with Crippen molar-refractivity contribution in [3.63, 3.8) is 0 Å². The second kappa shape index (κ2) is 8.48. The van der Waals surface area contributed by atoms with Crippen molar-refractivity contribution in [1.29, 1.82) is 0 Å². The number of rotatable bonds is 5. The summed E-state index contributed by atoms with van der Waals surface area (Å²) in [5.74, 6) is 0.359. The predicted molar refractivity (Wildman–Crippen MR) is 127 cm³/mol. The van der Waals surface area contributed by atoms with E-state index in [9.17, 15) is 8.78 Å². The lowest BCUT2D eigenvalue weighted by molar-refractivity contribution is 0.00396. The highest BCUT2D eigenvalue weighted by molar-refractivity contribution is 5.88. The Hall–Kier alpha value is -3.20. The van der Waals surface area contributed by atoms with Gasteiger partial charge in [0.15, 0.2) is 5.65 Å². The third-order valence-electron chi connectivity index (χ3n) is 7.05. The Kier molecular flexibility index (Phi) is 5.40. The maximum atomic E-state index is 14.9. The van der Waals surface area contributed by atoms with Gasteiger partial charge < -0.3 is 9.30 Å². The number of hydrogen-bond acceptors (Lipinski definition) is 5. The molecule has 4 heterocycles. The highest BCUT2D eigenvalue weighted by Gasteiger charge is 2.31. The molecule has 4 aromatic rings. The summed E-state index contributed by atoms with van der Waals surface area (Å²) in [4.78, 5) is 14.5. The van der Waals surface area contributed by atoms with E-state index in [1.165, 1.54) is 25.0 Å². The molecule has 1 saturated carbocycles. The monoisotopic (exact) mass is 478 g/mol. The lowest BCUT2D eigenvalue weighted by atomic mass is 9.92. The molecule has 1 aliphatic heterocycles. The van der Waals surface area contributed by atoms with E-state index >= 15 is 0 Å². The second-order valence-electron chi connectivity index (χ2n) is 9.98. The Bertz CT molecular complexity index is 1410. The van der Waals surface area contributed by atoms with Crippen molar-refractivity contribution in [2.75, 3.05) is 6.61 Å². The molecule has 0 spiro atoms. The number of fused-ring (bicyclic) bond motifs is 1. The van der Waals surface area contributed by atoms with Gasteiger partial charge in [-0.15, -0.1) is 0 Å². The molecule has 7 nitrogen and oxygen atoms in total. The van der Waals surface area contributed by atoms with E-state index in [0.717, 1.165) is 23.9 Å². The molecule has 9 heteroatoms. The molecule has 0 bridgehead atoms. The molecule has 1 saturated heterocycles. The van der Waals surface area contributed by atoms with Crippen LogP contribution in [0.1, 0.15) is 80.7 Å². The molecule has 1 aliphatic carbocycles. The van der Waals surface area contributed by atoms with Gasteiger partial charge in [-0.2, -0.15) is 5.10 Å². The van der Waals surface area contributed by atoms with Gasteiger partial charge >= 0.3 is 0 Å². The van der Waals surface area contributed by atoms with Gasteiger partial charge in [0.25, 0.3) is 0 Å². The summed E-state index contributed by atoms with van der Waals surface area (Å²) in [5.41, 5.74) is 2.93. The highest BCUT2D eigenvalue weighted by Crippen LogP contribution is 2.40. The quantitative estimate of drug-likeness (QED) is 0.374. The van der Waals surface area contributed by atoms with Crippen LogP contribution in [0.15, 0.2) is 30.6 Å². The zero-order valence-electron chi connectivity index (χ0n) is 20.1. The molecule has 182 valence electrons. The van der Waals surface area contributed by atoms with Gasteiger partial charge in [-0.05, 0) is 37.8 Å². The van der Waals surface area contributed by atoms with Crippen LogP contribution < -0.4 is 0 Å². The molecule has 2 aliphatic rings. The zero-order valence-corrected chi connectivity index (χ0v) is 20.1. The first-order valence-electron chi connectivity index (χ1n) is 12.2. The molecule has 6 rings (SSSR count). The summed E-state index contributed by atoms with van der Waals surface area (Å²) >= 11 is 0. The highest BCUT2D eigenvalue weighted by atomic mass is 19.1. The fraction of sp³-hybridized carbons (Fsp3) is 0.462. The number of hydrogen-bond donors (Lipinski definition) is 0. The number of benzene rings is 1. The van der Waals surface area contributed by atoms with Crippen LogP contribution >= 0.6 is 0 Å². The Balaban J connectivity index is 1.42. The van der Waals surface area contributed by atoms with Gasteiger partial charge in [0.2, 0.25) is 0 Å². The molecular formula is C26H28F2N6O. The van der Waals surface area contributed by atoms with Crippen LogP contribution in [0, 0.1) is 11.6 Å². The van der Waals surface area contributed by atoms with Crippen LogP contribution in [0.4, 0.5) is 8.78 Å². The van der Waals surface area contributed by atoms with Crippen molar-refractivity contribution >= 4 is 11.2 Å². The normalized spacial score (nSPS) is 20.7. The van der Waals surface area contributed by atoms with E-state index in [2.05, 4.69) is 25.1 Å². The first kappa shape index (κ1) is 22.3. The topological polar surface area (TPSA) is 70.7 Å². The standard InChI is InChI=1S/C26H28F2N6O/c1-14(2)26-32-25-23(33(26)3)22(19-7-4-17(27)11-20(19)28)30-24(31-25)15-8-9-35-21(10-15)16-12-29-34(13-16)18-5-6-18/h4,7,11-15,18,21H,5-6,8-10H2,1-3H3. The maximum absolute atomic E-state index is 14.9. The number of aromatic nitrogens is 6. The number of ether oxygens (including phenoxy) is 1. The van der Waals surface area contributed by atoms with E-state index < -0.39 is 11.6 Å². The molecule has 0 radical (unpaired) electrons. The van der Waals surface area contributed by atoms with Gasteiger partial charge in [0, 0.05) is 48.9 Å². The van der Waals surface area contributed by atoms with E-state index in [0.29, 0.717) is 41.8 Å². The van der Waals surface area contributed by atoms with Crippen LogP contribution in [-0.4, -0.2) is 35.9 Å². The van der Waals surface area contributed by atoms with Crippen molar-refractivity contribution in [2.45, 2.75) is 63.5 Å². The number of halogens is 2. The summed E-state index contributed by atoms with van der Waals surface area (Å²) < 4.78 is 38.7. The number of imidazole rings is 1. The van der Waals surface area contributed by atoms with Crippen molar-refractivity contribution in [1.82, 2.24) is 29.3 Å². The molecule has 2 fully saturated rings. The first-order valence-corrected chi connectivity index (χ1v) is 12.2. The van der Waals surface area contributed by atoms with Crippen molar-refractivity contribution in [2.24, 2.45) is 7.05 Å². The second-order valence-corrected chi connectivity index (χ2v) is 9.98. The average Bonchev–Trinajstić information content (AvgIpc) is 3.47. The fourth-order valence-electron chi connectivity index (χ4n) is 5.03. The lowest BCUT2D eigenvalue weighted by Crippen LogP contribution is -2.20. The van der Waals surface area contributed by atoms with Crippen LogP contribution in [0.5, 0.6) is 0 Å². The summed E-state index contributed by atoms with van der Waals surface area (Å²) in [6.07, 6.45) is 7.69. The van der Waals surface area contributed by atoms with Gasteiger partial charge in [-0.1, -0.05) is 13.8 Å². The Morgan fingerprint density at radius 2 is 1.91 bits per heavy atom. The molecule has 35 heavy (non-hydrogen) atoms. The summed E-state index contributed by atoms with van der Waals surface area (Å²) in [6.45, 7) is 4.68. The largest absolute Gasteiger partial charge is 0.373 e. The summed E-state index contributed by atoms with van der Waals surface area (Å²) in [5, 5.41) is 4.51. The van der Waals surface area contributed by atoms with E-state index in [-0.39, 0.29) is 23.5 Å². The van der Waals surface area contributed by atoms with Crippen LogP contribution in [0.3, 0.4) is 0 Å². The zero-order chi connectivity index (χ0) is 24.3. The molecule has 2 atom stereocenters. The van der Waals surface area contributed by atoms with E-state index in [1.807, 2.05) is 22.5 Å². The van der Waals surface area contributed by atoms with Crippen LogP contribution in [0.25, 0.3) is 22.4 Å². The SMILES string of the molecule is CC(C)c1nc2nc(C3CCOC(c4cnn(C5CC5)c4)C3)nc(-c3ccc(F)cc3F)c2n1C. The minimum absolute atomic E-state index is 0.0224. The Morgan fingerprint density at radius 3 is 2.66 bits per heavy atom. The smallest absolute Gasteiger partial charge is 0.181 e. The lowest BCUT2D eigenvalue weighted by Gasteiger charge is -2.28. The minimum Gasteiger partial charge on any atom is -0.373 e. The fourth-order valence-corrected chi connectivity index (χ4v) is 5.03. The van der Waals surface area contributed by atoms with Gasteiger partial charge in [0.05, 0.1) is 18.3 Å². The third-order valence-corrected chi connectivity index (χ3v) is 7.05. The van der Waals surface area contributed by atoms with Gasteiger partial charge in [-0.3, -0.25) is 4.68 Å². The van der Waals surface area contributed by atoms with Gasteiger partial charge in [0.1, 0.15) is 34.5 Å². The Morgan fingerprint density at radius 1 is 1.09 bits per heavy atom. The third kappa shape index (κ3) is 4.01. The molecule has 1 aromatic carbocycles. The van der Waals surface area contributed by atoms with Crippen LogP contribution in [0.2, 0.25) is 0 Å². The maximum Gasteiger partial charge on any atom is 0.181 e. The molecule has 0 amide bonds. The molecule has 2 unspecified atom stereocenters. The van der Waals surface area contributed by atoms with Crippen LogP contribution in [-0.2, 0) is 11.8 Å². The summed E-state index contributed by atoms with van der Waals surface area (Å²) in [7, 11) is 1.89. The molecule has 0 N–H and O–H groups in total. The van der Waals surface area contributed by atoms with Gasteiger partial charge in [-0.25, -0.2) is 23.7 Å². The minimum atomic E-state index is -0.652. The van der Waals surface area contributed by atoms with E-state index in [1.54, 1.807) is 0 Å². The average molecular weight is 479 g/mol.